The first kappa shape index (κ1) is 23.6. The van der Waals surface area contributed by atoms with E-state index in [0.29, 0.717) is 17.5 Å². The van der Waals surface area contributed by atoms with Gasteiger partial charge >= 0.3 is 0 Å². The van der Waals surface area contributed by atoms with Crippen molar-refractivity contribution in [3.8, 4) is 0 Å². The van der Waals surface area contributed by atoms with Gasteiger partial charge < -0.3 is 10.6 Å². The lowest BCUT2D eigenvalue weighted by Crippen LogP contribution is -2.42. The number of benzene rings is 1. The zero-order valence-corrected chi connectivity index (χ0v) is 18.9. The van der Waals surface area contributed by atoms with Crippen LogP contribution in [0.5, 0.6) is 0 Å². The minimum Gasteiger partial charge on any atom is -0.355 e. The van der Waals surface area contributed by atoms with Gasteiger partial charge in [0.15, 0.2) is 5.96 Å². The van der Waals surface area contributed by atoms with Crippen LogP contribution in [0, 0.1) is 0 Å². The van der Waals surface area contributed by atoms with Gasteiger partial charge in [-0.05, 0) is 30.7 Å². The predicted octanol–water partition coefficient (Wildman–Crippen LogP) is 2.56. The number of rotatable bonds is 7. The standard InChI is InChI=1S/C17H22ClN5O2S.HI/c1-13(15-7-3-4-8-16(15)18)23-17(19-2)21-10-11-22-26(24,25)14-6-5-9-20-12-14;/h3-9,12-13,22H,10-11H2,1-2H3,(H2,19,21,23);1H. The van der Waals surface area contributed by atoms with E-state index in [4.69, 9.17) is 11.6 Å². The lowest BCUT2D eigenvalue weighted by Gasteiger charge is -2.19. The van der Waals surface area contributed by atoms with E-state index in [1.54, 1.807) is 13.1 Å². The maximum absolute atomic E-state index is 12.1. The van der Waals surface area contributed by atoms with Crippen LogP contribution in [0.2, 0.25) is 5.02 Å². The summed E-state index contributed by atoms with van der Waals surface area (Å²) in [5.41, 5.74) is 0.953. The van der Waals surface area contributed by atoms with Crippen molar-refractivity contribution in [2.24, 2.45) is 4.99 Å². The molecule has 7 nitrogen and oxygen atoms in total. The molecule has 0 aliphatic carbocycles. The summed E-state index contributed by atoms with van der Waals surface area (Å²) >= 11 is 6.20. The molecule has 0 amide bonds. The molecular formula is C17H23ClIN5O2S. The summed E-state index contributed by atoms with van der Waals surface area (Å²) in [6.45, 7) is 2.55. The molecule has 0 aliphatic heterocycles. The summed E-state index contributed by atoms with van der Waals surface area (Å²) < 4.78 is 26.7. The molecule has 1 aromatic carbocycles. The molecule has 0 spiro atoms. The third-order valence-corrected chi connectivity index (χ3v) is 5.39. The van der Waals surface area contributed by atoms with E-state index in [-0.39, 0.29) is 41.5 Å². The van der Waals surface area contributed by atoms with Gasteiger partial charge in [0, 0.05) is 37.6 Å². The lowest BCUT2D eigenvalue weighted by molar-refractivity contribution is 0.579. The number of guanidine groups is 1. The highest BCUT2D eigenvalue weighted by atomic mass is 127. The van der Waals surface area contributed by atoms with Gasteiger partial charge in [0.25, 0.3) is 0 Å². The fourth-order valence-corrected chi connectivity index (χ4v) is 3.55. The molecule has 10 heteroatoms. The van der Waals surface area contributed by atoms with E-state index in [2.05, 4.69) is 25.3 Å². The minimum absolute atomic E-state index is 0. The zero-order valence-electron chi connectivity index (χ0n) is 15.0. The summed E-state index contributed by atoms with van der Waals surface area (Å²) in [6, 6.07) is 10.6. The molecule has 1 heterocycles. The van der Waals surface area contributed by atoms with Crippen LogP contribution >= 0.6 is 35.6 Å². The summed E-state index contributed by atoms with van der Waals surface area (Å²) in [5, 5.41) is 6.96. The second-order valence-electron chi connectivity index (χ2n) is 5.47. The SMILES string of the molecule is CN=C(NCCNS(=O)(=O)c1cccnc1)NC(C)c1ccccc1Cl.I. The van der Waals surface area contributed by atoms with Crippen LogP contribution < -0.4 is 15.4 Å². The summed E-state index contributed by atoms with van der Waals surface area (Å²) in [5.74, 6) is 0.554. The van der Waals surface area contributed by atoms with Crippen molar-refractivity contribution in [2.75, 3.05) is 20.1 Å². The maximum atomic E-state index is 12.1. The monoisotopic (exact) mass is 523 g/mol. The molecule has 0 aliphatic rings. The van der Waals surface area contributed by atoms with E-state index in [1.807, 2.05) is 31.2 Å². The number of hydrogen-bond acceptors (Lipinski definition) is 4. The van der Waals surface area contributed by atoms with E-state index in [1.165, 1.54) is 18.5 Å². The molecule has 1 atom stereocenters. The Kier molecular flexibility index (Phi) is 9.99. The summed E-state index contributed by atoms with van der Waals surface area (Å²) in [6.07, 6.45) is 2.83. The smallest absolute Gasteiger partial charge is 0.242 e. The fraction of sp³-hybridized carbons (Fsp3) is 0.294. The van der Waals surface area contributed by atoms with Gasteiger partial charge in [0.05, 0.1) is 6.04 Å². The number of hydrogen-bond donors (Lipinski definition) is 3. The number of aliphatic imine (C=N–C) groups is 1. The van der Waals surface area contributed by atoms with Crippen molar-refractivity contribution in [1.29, 1.82) is 0 Å². The second kappa shape index (κ2) is 11.4. The molecule has 2 rings (SSSR count). The third-order valence-electron chi connectivity index (χ3n) is 3.60. The van der Waals surface area contributed by atoms with E-state index >= 15 is 0 Å². The van der Waals surface area contributed by atoms with Crippen LogP contribution in [-0.2, 0) is 10.0 Å². The van der Waals surface area contributed by atoms with Crippen LogP contribution in [0.3, 0.4) is 0 Å². The molecule has 0 saturated heterocycles. The first-order valence-electron chi connectivity index (χ1n) is 8.05. The number of pyridine rings is 1. The van der Waals surface area contributed by atoms with E-state index in [0.717, 1.165) is 5.56 Å². The zero-order chi connectivity index (χ0) is 19.0. The number of sulfonamides is 1. The highest BCUT2D eigenvalue weighted by Gasteiger charge is 2.13. The van der Waals surface area contributed by atoms with E-state index < -0.39 is 10.0 Å². The third kappa shape index (κ3) is 7.24. The first-order chi connectivity index (χ1) is 12.4. The Hall–Kier alpha value is -1.43. The van der Waals surface area contributed by atoms with Crippen molar-refractivity contribution in [1.82, 2.24) is 20.3 Å². The Bertz CT molecular complexity index is 849. The maximum Gasteiger partial charge on any atom is 0.242 e. The molecule has 0 fully saturated rings. The lowest BCUT2D eigenvalue weighted by atomic mass is 10.1. The molecule has 27 heavy (non-hydrogen) atoms. The molecule has 148 valence electrons. The molecule has 1 aromatic heterocycles. The molecule has 0 radical (unpaired) electrons. The van der Waals surface area contributed by atoms with Crippen LogP contribution in [0.25, 0.3) is 0 Å². The van der Waals surface area contributed by atoms with Gasteiger partial charge in [-0.1, -0.05) is 29.8 Å². The largest absolute Gasteiger partial charge is 0.355 e. The van der Waals surface area contributed by atoms with Gasteiger partial charge in [-0.3, -0.25) is 9.98 Å². The summed E-state index contributed by atoms with van der Waals surface area (Å²) in [4.78, 5) is 8.09. The first-order valence-corrected chi connectivity index (χ1v) is 9.91. The van der Waals surface area contributed by atoms with Gasteiger partial charge in [0.1, 0.15) is 4.90 Å². The molecule has 3 N–H and O–H groups in total. The number of nitrogens with one attached hydrogen (secondary N) is 3. The molecule has 1 unspecified atom stereocenters. The van der Waals surface area contributed by atoms with E-state index in [9.17, 15) is 8.42 Å². The van der Waals surface area contributed by atoms with Crippen LogP contribution in [0.4, 0.5) is 0 Å². The Morgan fingerprint density at radius 2 is 1.96 bits per heavy atom. The topological polar surface area (TPSA) is 95.5 Å². The minimum atomic E-state index is -3.57. The van der Waals surface area contributed by atoms with Crippen molar-refractivity contribution in [3.63, 3.8) is 0 Å². The highest BCUT2D eigenvalue weighted by Crippen LogP contribution is 2.21. The van der Waals surface area contributed by atoms with Crippen molar-refractivity contribution >= 4 is 51.6 Å². The molecular weight excluding hydrogens is 501 g/mol. The second-order valence-corrected chi connectivity index (χ2v) is 7.65. The number of halogens is 2. The number of nitrogens with zero attached hydrogens (tertiary/aromatic N) is 2. The van der Waals surface area contributed by atoms with Crippen LogP contribution in [-0.4, -0.2) is 39.5 Å². The van der Waals surface area contributed by atoms with Gasteiger partial charge in [-0.25, -0.2) is 13.1 Å². The quantitative estimate of drug-likeness (QED) is 0.224. The van der Waals surface area contributed by atoms with Crippen molar-refractivity contribution in [3.05, 3.63) is 59.4 Å². The van der Waals surface area contributed by atoms with Crippen LogP contribution in [0.15, 0.2) is 58.7 Å². The fourth-order valence-electron chi connectivity index (χ4n) is 2.26. The van der Waals surface area contributed by atoms with Crippen molar-refractivity contribution in [2.45, 2.75) is 17.9 Å². The Balaban J connectivity index is 0.00000364. The number of aromatic nitrogens is 1. The molecule has 0 saturated carbocycles. The van der Waals surface area contributed by atoms with Gasteiger partial charge in [-0.15, -0.1) is 24.0 Å². The average Bonchev–Trinajstić information content (AvgIpc) is 2.65. The normalized spacial score (nSPS) is 12.8. The Labute approximate surface area is 182 Å². The van der Waals surface area contributed by atoms with Gasteiger partial charge in [0.2, 0.25) is 10.0 Å². The molecule has 0 bridgehead atoms. The van der Waals surface area contributed by atoms with Gasteiger partial charge in [-0.2, -0.15) is 0 Å². The predicted molar refractivity (Wildman–Crippen MR) is 119 cm³/mol. The summed E-state index contributed by atoms with van der Waals surface area (Å²) in [7, 11) is -1.92. The van der Waals surface area contributed by atoms with Crippen molar-refractivity contribution < 1.29 is 8.42 Å². The Morgan fingerprint density at radius 3 is 2.59 bits per heavy atom. The van der Waals surface area contributed by atoms with Crippen LogP contribution in [0.1, 0.15) is 18.5 Å². The molecule has 2 aromatic rings. The highest BCUT2D eigenvalue weighted by molar-refractivity contribution is 14.0. The Morgan fingerprint density at radius 1 is 1.22 bits per heavy atom. The average molecular weight is 524 g/mol.